The second-order valence-electron chi connectivity index (χ2n) is 4.04. The monoisotopic (exact) mass is 207 g/mol. The highest BCUT2D eigenvalue weighted by molar-refractivity contribution is 5.90. The summed E-state index contributed by atoms with van der Waals surface area (Å²) in [6, 6.07) is 7.21. The molecule has 0 saturated heterocycles. The lowest BCUT2D eigenvalue weighted by atomic mass is 9.98. The van der Waals surface area contributed by atoms with Crippen LogP contribution in [0.4, 0.5) is 5.69 Å². The number of aliphatic hydroxyl groups is 1. The molecule has 0 unspecified atom stereocenters. The molecule has 0 radical (unpaired) electrons. The molecule has 3 heteroatoms. The lowest BCUT2D eigenvalue weighted by molar-refractivity contribution is -0.115. The van der Waals surface area contributed by atoms with Crippen LogP contribution in [0.5, 0.6) is 0 Å². The van der Waals surface area contributed by atoms with E-state index in [0.717, 1.165) is 11.3 Å². The van der Waals surface area contributed by atoms with E-state index >= 15 is 0 Å². The predicted molar refractivity (Wildman–Crippen MR) is 60.6 cm³/mol. The normalized spacial score (nSPS) is 11.2. The minimum atomic E-state index is -0.840. The van der Waals surface area contributed by atoms with Crippen LogP contribution < -0.4 is 5.32 Å². The van der Waals surface area contributed by atoms with Crippen molar-refractivity contribution in [2.24, 2.45) is 0 Å². The number of hydrogen-bond acceptors (Lipinski definition) is 2. The fraction of sp³-hybridized carbons (Fsp3) is 0.417. The molecule has 0 bridgehead atoms. The van der Waals surface area contributed by atoms with E-state index in [2.05, 4.69) is 5.32 Å². The topological polar surface area (TPSA) is 49.3 Å². The minimum absolute atomic E-state index is 0.00833. The first kappa shape index (κ1) is 11.7. The molecule has 3 nitrogen and oxygen atoms in total. The Labute approximate surface area is 90.1 Å². The number of nitrogens with one attached hydrogen (secondary N) is 1. The third-order valence-electron chi connectivity index (χ3n) is 2.20. The van der Waals surface area contributed by atoms with Crippen molar-refractivity contribution in [3.05, 3.63) is 29.8 Å². The van der Waals surface area contributed by atoms with Gasteiger partial charge >= 0.3 is 0 Å². The van der Waals surface area contributed by atoms with Gasteiger partial charge in [0.05, 0.1) is 5.60 Å². The zero-order valence-electron chi connectivity index (χ0n) is 9.37. The molecule has 2 N–H and O–H groups in total. The van der Waals surface area contributed by atoms with Crippen LogP contribution in [0.2, 0.25) is 0 Å². The molecule has 1 aromatic rings. The molecule has 0 aliphatic heterocycles. The van der Waals surface area contributed by atoms with Crippen molar-refractivity contribution in [3.8, 4) is 0 Å². The van der Waals surface area contributed by atoms with Crippen LogP contribution >= 0.6 is 0 Å². The summed E-state index contributed by atoms with van der Waals surface area (Å²) < 4.78 is 0. The van der Waals surface area contributed by atoms with Crippen molar-refractivity contribution in [1.82, 2.24) is 0 Å². The van der Waals surface area contributed by atoms with Crippen LogP contribution in [0.25, 0.3) is 0 Å². The summed E-state index contributed by atoms with van der Waals surface area (Å²) in [4.78, 5) is 11.1. The lowest BCUT2D eigenvalue weighted by Crippen LogP contribution is -2.15. The number of rotatable bonds is 3. The summed E-state index contributed by atoms with van der Waals surface area (Å²) in [5, 5.41) is 12.5. The summed E-state index contributed by atoms with van der Waals surface area (Å²) >= 11 is 0. The Morgan fingerprint density at radius 1 is 1.33 bits per heavy atom. The molecule has 0 aliphatic carbocycles. The Hall–Kier alpha value is -1.35. The van der Waals surface area contributed by atoms with Gasteiger partial charge in [-0.15, -0.1) is 0 Å². The van der Waals surface area contributed by atoms with Crippen molar-refractivity contribution in [1.29, 1.82) is 0 Å². The molecule has 1 aromatic carbocycles. The van der Waals surface area contributed by atoms with Crippen LogP contribution in [0, 0.1) is 0 Å². The fourth-order valence-corrected chi connectivity index (χ4v) is 1.21. The van der Waals surface area contributed by atoms with Crippen LogP contribution in [-0.2, 0) is 10.4 Å². The van der Waals surface area contributed by atoms with Gasteiger partial charge in [0.1, 0.15) is 0 Å². The second kappa shape index (κ2) is 4.45. The number of carbonyl (C=O) groups excluding carboxylic acids is 1. The van der Waals surface area contributed by atoms with E-state index in [1.165, 1.54) is 0 Å². The summed E-state index contributed by atoms with van der Waals surface area (Å²) in [5.41, 5.74) is 0.750. The van der Waals surface area contributed by atoms with Gasteiger partial charge in [0.15, 0.2) is 0 Å². The van der Waals surface area contributed by atoms with Gasteiger partial charge in [0.25, 0.3) is 0 Å². The Bertz CT molecular complexity index is 336. The van der Waals surface area contributed by atoms with Crippen molar-refractivity contribution in [2.45, 2.75) is 32.8 Å². The quantitative estimate of drug-likeness (QED) is 0.798. The molecule has 0 heterocycles. The number of anilines is 1. The van der Waals surface area contributed by atoms with E-state index in [1.807, 2.05) is 12.1 Å². The van der Waals surface area contributed by atoms with Crippen molar-refractivity contribution >= 4 is 11.6 Å². The van der Waals surface area contributed by atoms with Gasteiger partial charge in [-0.25, -0.2) is 0 Å². The first-order valence-electron chi connectivity index (χ1n) is 5.06. The minimum Gasteiger partial charge on any atom is -0.386 e. The first-order chi connectivity index (χ1) is 6.93. The van der Waals surface area contributed by atoms with E-state index < -0.39 is 5.60 Å². The van der Waals surface area contributed by atoms with Crippen LogP contribution in [-0.4, -0.2) is 11.0 Å². The Kier molecular flexibility index (Phi) is 3.48. The molecule has 1 amide bonds. The van der Waals surface area contributed by atoms with E-state index in [9.17, 15) is 9.90 Å². The van der Waals surface area contributed by atoms with E-state index in [1.54, 1.807) is 32.9 Å². The lowest BCUT2D eigenvalue weighted by Gasteiger charge is -2.17. The van der Waals surface area contributed by atoms with E-state index in [0.29, 0.717) is 6.42 Å². The Balaban J connectivity index is 2.77. The van der Waals surface area contributed by atoms with E-state index in [-0.39, 0.29) is 5.91 Å². The maximum Gasteiger partial charge on any atom is 0.224 e. The van der Waals surface area contributed by atoms with Gasteiger partial charge in [0.2, 0.25) is 5.91 Å². The molecule has 82 valence electrons. The highest BCUT2D eigenvalue weighted by Crippen LogP contribution is 2.21. The number of carbonyl (C=O) groups is 1. The largest absolute Gasteiger partial charge is 0.386 e. The molecular weight excluding hydrogens is 190 g/mol. The smallest absolute Gasteiger partial charge is 0.224 e. The molecule has 0 aliphatic rings. The molecule has 0 spiro atoms. The van der Waals surface area contributed by atoms with Gasteiger partial charge in [-0.1, -0.05) is 19.1 Å². The van der Waals surface area contributed by atoms with Crippen molar-refractivity contribution in [3.63, 3.8) is 0 Å². The fourth-order valence-electron chi connectivity index (χ4n) is 1.21. The maximum atomic E-state index is 11.1. The molecule has 0 fully saturated rings. The molecular formula is C12H17NO2. The number of benzene rings is 1. The SMILES string of the molecule is CCC(=O)Nc1ccc(C(C)(C)O)cc1. The predicted octanol–water partition coefficient (Wildman–Crippen LogP) is 2.26. The van der Waals surface area contributed by atoms with Crippen LogP contribution in [0.3, 0.4) is 0 Å². The zero-order valence-corrected chi connectivity index (χ0v) is 9.37. The molecule has 15 heavy (non-hydrogen) atoms. The van der Waals surface area contributed by atoms with Crippen molar-refractivity contribution < 1.29 is 9.90 Å². The Morgan fingerprint density at radius 2 is 1.87 bits per heavy atom. The van der Waals surface area contributed by atoms with Crippen LogP contribution in [0.15, 0.2) is 24.3 Å². The van der Waals surface area contributed by atoms with Gasteiger partial charge in [-0.3, -0.25) is 4.79 Å². The third kappa shape index (κ3) is 3.36. The number of amides is 1. The van der Waals surface area contributed by atoms with E-state index in [4.69, 9.17) is 0 Å². The summed E-state index contributed by atoms with van der Waals surface area (Å²) in [6.07, 6.45) is 0.466. The molecule has 0 saturated carbocycles. The summed E-state index contributed by atoms with van der Waals surface area (Å²) in [5.74, 6) is -0.00833. The summed E-state index contributed by atoms with van der Waals surface area (Å²) in [7, 11) is 0. The zero-order chi connectivity index (χ0) is 11.5. The third-order valence-corrected chi connectivity index (χ3v) is 2.20. The van der Waals surface area contributed by atoms with Gasteiger partial charge < -0.3 is 10.4 Å². The molecule has 1 rings (SSSR count). The highest BCUT2D eigenvalue weighted by Gasteiger charge is 2.15. The molecule has 0 aromatic heterocycles. The maximum absolute atomic E-state index is 11.1. The first-order valence-corrected chi connectivity index (χ1v) is 5.06. The highest BCUT2D eigenvalue weighted by atomic mass is 16.3. The molecule has 0 atom stereocenters. The van der Waals surface area contributed by atoms with Crippen LogP contribution in [0.1, 0.15) is 32.8 Å². The number of hydrogen-bond donors (Lipinski definition) is 2. The second-order valence-corrected chi connectivity index (χ2v) is 4.04. The van der Waals surface area contributed by atoms with Gasteiger partial charge in [-0.05, 0) is 31.5 Å². The average Bonchev–Trinajstić information content (AvgIpc) is 2.17. The van der Waals surface area contributed by atoms with Gasteiger partial charge in [0, 0.05) is 12.1 Å². The Morgan fingerprint density at radius 3 is 2.27 bits per heavy atom. The summed E-state index contributed by atoms with van der Waals surface area (Å²) in [6.45, 7) is 5.26. The average molecular weight is 207 g/mol. The van der Waals surface area contributed by atoms with Crippen molar-refractivity contribution in [2.75, 3.05) is 5.32 Å². The standard InChI is InChI=1S/C12H17NO2/c1-4-11(14)13-10-7-5-9(6-8-10)12(2,3)15/h5-8,15H,4H2,1-3H3,(H,13,14). The van der Waals surface area contributed by atoms with Gasteiger partial charge in [-0.2, -0.15) is 0 Å².